The quantitative estimate of drug-likeness (QED) is 0.254. The Morgan fingerprint density at radius 1 is 0.619 bits per heavy atom. The lowest BCUT2D eigenvalue weighted by Gasteiger charge is -2.02. The predicted molar refractivity (Wildman–Crippen MR) is 97.9 cm³/mol. The third-order valence-electron chi connectivity index (χ3n) is 3.77. The molecular formula is C20H42O. The number of rotatable bonds is 15. The van der Waals surface area contributed by atoms with E-state index in [-0.39, 0.29) is 0 Å². The van der Waals surface area contributed by atoms with Gasteiger partial charge in [-0.1, -0.05) is 97.0 Å². The molecule has 1 N–H and O–H groups in total. The Kier molecular flexibility index (Phi) is 27.0. The Bertz CT molecular complexity index is 163. The van der Waals surface area contributed by atoms with Crippen molar-refractivity contribution in [2.45, 2.75) is 110 Å². The third-order valence-corrected chi connectivity index (χ3v) is 3.77. The van der Waals surface area contributed by atoms with Crippen molar-refractivity contribution in [3.63, 3.8) is 0 Å². The second-order valence-electron chi connectivity index (χ2n) is 6.04. The van der Waals surface area contributed by atoms with Crippen LogP contribution in [0.15, 0.2) is 12.7 Å². The lowest BCUT2D eigenvalue weighted by molar-refractivity contribution is 0.287. The molecular weight excluding hydrogens is 256 g/mol. The van der Waals surface area contributed by atoms with Gasteiger partial charge in [0.15, 0.2) is 0 Å². The summed E-state index contributed by atoms with van der Waals surface area (Å²) in [4.78, 5) is 0. The van der Waals surface area contributed by atoms with Crippen LogP contribution in [0.25, 0.3) is 0 Å². The normalized spacial score (nSPS) is 10.0. The molecule has 0 saturated heterocycles. The molecule has 0 aliphatic rings. The first-order valence-electron chi connectivity index (χ1n) is 9.55. The summed E-state index contributed by atoms with van der Waals surface area (Å²) in [6.07, 6.45) is 22.5. The van der Waals surface area contributed by atoms with Gasteiger partial charge in [-0.2, -0.15) is 0 Å². The Morgan fingerprint density at radius 2 is 1.00 bits per heavy atom. The van der Waals surface area contributed by atoms with Crippen molar-refractivity contribution in [2.24, 2.45) is 0 Å². The molecule has 0 heterocycles. The van der Waals surface area contributed by atoms with E-state index < -0.39 is 0 Å². The third kappa shape index (κ3) is 28.6. The van der Waals surface area contributed by atoms with Gasteiger partial charge < -0.3 is 5.11 Å². The number of unbranched alkanes of at least 4 members (excludes halogenated alkanes) is 13. The van der Waals surface area contributed by atoms with Crippen LogP contribution in [0.1, 0.15) is 110 Å². The lowest BCUT2D eigenvalue weighted by Crippen LogP contribution is -1.82. The lowest BCUT2D eigenvalue weighted by atomic mass is 10.0. The predicted octanol–water partition coefficient (Wildman–Crippen LogP) is 7.04. The van der Waals surface area contributed by atoms with E-state index in [9.17, 15) is 0 Å². The zero-order valence-electron chi connectivity index (χ0n) is 15.0. The first-order chi connectivity index (χ1) is 10.3. The van der Waals surface area contributed by atoms with Crippen LogP contribution >= 0.6 is 0 Å². The maximum absolute atomic E-state index is 8.07. The average Bonchev–Trinajstić information content (AvgIpc) is 2.50. The summed E-state index contributed by atoms with van der Waals surface area (Å²) in [5.41, 5.74) is 0. The second kappa shape index (κ2) is 24.7. The smallest absolute Gasteiger partial charge is 0.0430 e. The summed E-state index contributed by atoms with van der Waals surface area (Å²) < 4.78 is 0. The highest BCUT2D eigenvalue weighted by molar-refractivity contribution is 4.65. The van der Waals surface area contributed by atoms with E-state index in [0.29, 0.717) is 6.61 Å². The summed E-state index contributed by atoms with van der Waals surface area (Å²) in [7, 11) is 0. The Balaban J connectivity index is 0. The van der Waals surface area contributed by atoms with Crippen LogP contribution in [0.3, 0.4) is 0 Å². The highest BCUT2D eigenvalue weighted by Gasteiger charge is 1.92. The van der Waals surface area contributed by atoms with Gasteiger partial charge in [0.25, 0.3) is 0 Å². The minimum atomic E-state index is 0.344. The minimum absolute atomic E-state index is 0.344. The van der Waals surface area contributed by atoms with Gasteiger partial charge in [0.05, 0.1) is 0 Å². The summed E-state index contributed by atoms with van der Waals surface area (Å²) >= 11 is 0. The number of allylic oxidation sites excluding steroid dienone is 1. The first-order valence-corrected chi connectivity index (χ1v) is 9.55. The largest absolute Gasteiger partial charge is 0.396 e. The van der Waals surface area contributed by atoms with Crippen LogP contribution in [0.4, 0.5) is 0 Å². The number of aliphatic hydroxyl groups is 1. The molecule has 0 aromatic carbocycles. The summed E-state index contributed by atoms with van der Waals surface area (Å²) in [6.45, 7) is 8.43. The van der Waals surface area contributed by atoms with Gasteiger partial charge in [-0.05, 0) is 19.3 Å². The molecule has 0 aliphatic carbocycles. The Morgan fingerprint density at radius 3 is 1.29 bits per heavy atom. The fourth-order valence-corrected chi connectivity index (χ4v) is 2.29. The molecule has 0 aliphatic heterocycles. The number of aliphatic hydroxyl groups excluding tert-OH is 1. The van der Waals surface area contributed by atoms with Crippen molar-refractivity contribution >= 4 is 0 Å². The molecule has 0 spiro atoms. The maximum atomic E-state index is 8.07. The molecule has 0 bridgehead atoms. The molecule has 0 amide bonds. The van der Waals surface area contributed by atoms with E-state index in [4.69, 9.17) is 5.11 Å². The second-order valence-corrected chi connectivity index (χ2v) is 6.04. The van der Waals surface area contributed by atoms with Gasteiger partial charge >= 0.3 is 0 Å². The Hall–Kier alpha value is -0.300. The molecule has 0 radical (unpaired) electrons. The molecule has 21 heavy (non-hydrogen) atoms. The molecule has 0 aromatic rings. The monoisotopic (exact) mass is 298 g/mol. The number of hydrogen-bond acceptors (Lipinski definition) is 1. The SMILES string of the molecule is C=CCCCCCCCCCCCCCC.CCCCO. The van der Waals surface area contributed by atoms with Gasteiger partial charge in [0, 0.05) is 6.61 Å². The van der Waals surface area contributed by atoms with E-state index in [1.165, 1.54) is 83.5 Å². The molecule has 1 nitrogen and oxygen atoms in total. The fourth-order valence-electron chi connectivity index (χ4n) is 2.29. The van der Waals surface area contributed by atoms with Crippen LogP contribution < -0.4 is 0 Å². The molecule has 0 unspecified atom stereocenters. The van der Waals surface area contributed by atoms with Crippen molar-refractivity contribution in [3.8, 4) is 0 Å². The highest BCUT2D eigenvalue weighted by Crippen LogP contribution is 2.12. The van der Waals surface area contributed by atoms with Gasteiger partial charge in [0.2, 0.25) is 0 Å². The van der Waals surface area contributed by atoms with Crippen LogP contribution in [-0.4, -0.2) is 11.7 Å². The topological polar surface area (TPSA) is 20.2 Å². The van der Waals surface area contributed by atoms with Crippen molar-refractivity contribution in [3.05, 3.63) is 12.7 Å². The van der Waals surface area contributed by atoms with Crippen molar-refractivity contribution < 1.29 is 5.11 Å². The molecule has 0 aromatic heterocycles. The molecule has 0 atom stereocenters. The first kappa shape index (κ1) is 23.0. The summed E-state index contributed by atoms with van der Waals surface area (Å²) in [6, 6.07) is 0. The van der Waals surface area contributed by atoms with E-state index in [1.807, 2.05) is 6.08 Å². The van der Waals surface area contributed by atoms with Crippen LogP contribution in [0, 0.1) is 0 Å². The van der Waals surface area contributed by atoms with E-state index in [2.05, 4.69) is 20.4 Å². The standard InChI is InChI=1S/C16H32.C4H10O/c1-3-5-7-9-11-13-15-16-14-12-10-8-6-4-2;1-2-3-4-5/h3H,1,4-16H2,2H3;5H,2-4H2,1H3. The van der Waals surface area contributed by atoms with E-state index in [0.717, 1.165) is 12.8 Å². The van der Waals surface area contributed by atoms with Gasteiger partial charge in [-0.3, -0.25) is 0 Å². The molecule has 0 rings (SSSR count). The van der Waals surface area contributed by atoms with Gasteiger partial charge in [0.1, 0.15) is 0 Å². The average molecular weight is 299 g/mol. The van der Waals surface area contributed by atoms with Crippen molar-refractivity contribution in [2.75, 3.05) is 6.61 Å². The summed E-state index contributed by atoms with van der Waals surface area (Å²) in [5, 5.41) is 8.07. The van der Waals surface area contributed by atoms with Crippen LogP contribution in [0.5, 0.6) is 0 Å². The molecule has 1 heteroatoms. The fraction of sp³-hybridized carbons (Fsp3) is 0.900. The summed E-state index contributed by atoms with van der Waals surface area (Å²) in [5.74, 6) is 0. The molecule has 128 valence electrons. The van der Waals surface area contributed by atoms with Gasteiger partial charge in [-0.25, -0.2) is 0 Å². The highest BCUT2D eigenvalue weighted by atomic mass is 16.2. The van der Waals surface area contributed by atoms with Crippen LogP contribution in [0.2, 0.25) is 0 Å². The molecule has 0 saturated carbocycles. The van der Waals surface area contributed by atoms with Crippen molar-refractivity contribution in [1.29, 1.82) is 0 Å². The number of hydrogen-bond donors (Lipinski definition) is 1. The van der Waals surface area contributed by atoms with Gasteiger partial charge in [-0.15, -0.1) is 6.58 Å². The van der Waals surface area contributed by atoms with Crippen molar-refractivity contribution in [1.82, 2.24) is 0 Å². The van der Waals surface area contributed by atoms with E-state index in [1.54, 1.807) is 0 Å². The van der Waals surface area contributed by atoms with E-state index >= 15 is 0 Å². The van der Waals surface area contributed by atoms with Crippen LogP contribution in [-0.2, 0) is 0 Å². The zero-order chi connectivity index (χ0) is 16.0. The minimum Gasteiger partial charge on any atom is -0.396 e. The maximum Gasteiger partial charge on any atom is 0.0430 e. The Labute approximate surface area is 135 Å². The molecule has 0 fully saturated rings. The zero-order valence-corrected chi connectivity index (χ0v) is 15.0.